The zero-order chi connectivity index (χ0) is 34.7. The number of nitrogens with zero attached hydrogens (tertiary/aromatic N) is 6. The summed E-state index contributed by atoms with van der Waals surface area (Å²) in [6, 6.07) is 14.8. The van der Waals surface area contributed by atoms with Gasteiger partial charge in [0.25, 0.3) is 0 Å². The Balaban J connectivity index is 1.06. The fourth-order valence-electron chi connectivity index (χ4n) is 6.80. The highest BCUT2D eigenvalue weighted by atomic mass is 35.5. The second-order valence-electron chi connectivity index (χ2n) is 12.6. The number of aromatic nitrogens is 1. The Morgan fingerprint density at radius 3 is 2.61 bits per heavy atom. The predicted molar refractivity (Wildman–Crippen MR) is 195 cm³/mol. The Morgan fingerprint density at radius 1 is 1.14 bits per heavy atom. The number of anilines is 2. The maximum absolute atomic E-state index is 13.9. The number of rotatable bonds is 8. The average molecular weight is 676 g/mol. The van der Waals surface area contributed by atoms with Gasteiger partial charge >= 0.3 is 0 Å². The van der Waals surface area contributed by atoms with E-state index in [4.69, 9.17) is 34.9 Å². The van der Waals surface area contributed by atoms with Gasteiger partial charge in [0.1, 0.15) is 17.9 Å². The van der Waals surface area contributed by atoms with Gasteiger partial charge < -0.3 is 21.3 Å². The van der Waals surface area contributed by atoms with Gasteiger partial charge in [0, 0.05) is 67.5 Å². The van der Waals surface area contributed by atoms with Crippen molar-refractivity contribution in [2.24, 2.45) is 21.1 Å². The van der Waals surface area contributed by atoms with E-state index in [1.54, 1.807) is 30.1 Å². The average Bonchev–Trinajstić information content (AvgIpc) is 3.68. The third kappa shape index (κ3) is 6.84. The minimum atomic E-state index is -0.545. The molecule has 1 aromatic heterocycles. The van der Waals surface area contributed by atoms with Gasteiger partial charge in [0.2, 0.25) is 11.8 Å². The summed E-state index contributed by atoms with van der Waals surface area (Å²) in [4.78, 5) is 45.1. The Morgan fingerprint density at radius 2 is 1.92 bits per heavy atom. The standard InChI is InChI=1S/C37H38ClN9O2/c1-3-32-30(38)18-27(20-43-32)34(40)29-19-28(8-9-31(29)39)47-17-13-37(36(47)49)12-16-45(22-37)21-33(48)46-14-10-25(11-15-46)24-4-6-26(7-5-24)35(41)44-23-42-2/h1,4-10,18-20,23,40H,11-17,21-22,39H2,2H3,(H2,41,42,44)/t37-/m0/s1. The van der Waals surface area contributed by atoms with Gasteiger partial charge in [-0.1, -0.05) is 41.9 Å². The molecule has 2 fully saturated rings. The van der Waals surface area contributed by atoms with E-state index in [1.165, 1.54) is 18.1 Å². The first-order valence-corrected chi connectivity index (χ1v) is 16.5. The zero-order valence-corrected chi connectivity index (χ0v) is 28.1. The second-order valence-corrected chi connectivity index (χ2v) is 13.0. The van der Waals surface area contributed by atoms with Crippen molar-refractivity contribution >= 4 is 58.2 Å². The molecule has 0 bridgehead atoms. The summed E-state index contributed by atoms with van der Waals surface area (Å²) in [5.74, 6) is 2.93. The van der Waals surface area contributed by atoms with Crippen LogP contribution >= 0.6 is 11.6 Å². The van der Waals surface area contributed by atoms with Crippen molar-refractivity contribution in [3.05, 3.63) is 93.8 Å². The SMILES string of the molecule is C#Cc1ncc(C(=N)c2cc(N3CC[C@]4(CCN(CC(=O)N5CC=C(c6ccc(C(N)=NC=NC)cc6)CC5)C4)C3=O)ccc2N)cc1Cl. The molecule has 0 radical (unpaired) electrons. The lowest BCUT2D eigenvalue weighted by molar-refractivity contribution is -0.132. The van der Waals surface area contributed by atoms with E-state index in [2.05, 4.69) is 31.9 Å². The number of aliphatic imine (C=N–C) groups is 2. The number of amidine groups is 1. The minimum absolute atomic E-state index is 0.0378. The number of likely N-dealkylation sites (tertiary alicyclic amines) is 1. The number of amides is 2. The van der Waals surface area contributed by atoms with Gasteiger partial charge in [-0.15, -0.1) is 6.42 Å². The monoisotopic (exact) mass is 675 g/mol. The summed E-state index contributed by atoms with van der Waals surface area (Å²) in [6.07, 6.45) is 12.6. The summed E-state index contributed by atoms with van der Waals surface area (Å²) in [6.45, 7) is 3.24. The first kappa shape index (κ1) is 33.6. The van der Waals surface area contributed by atoms with Crippen LogP contribution in [0, 0.1) is 23.2 Å². The summed E-state index contributed by atoms with van der Waals surface area (Å²) < 4.78 is 0. The third-order valence-electron chi connectivity index (χ3n) is 9.61. The number of hydrogen-bond acceptors (Lipinski definition) is 7. The molecule has 3 aliphatic rings. The number of nitrogens with one attached hydrogen (secondary N) is 1. The lowest BCUT2D eigenvalue weighted by Gasteiger charge is -2.29. The lowest BCUT2D eigenvalue weighted by Crippen LogP contribution is -2.43. The highest BCUT2D eigenvalue weighted by molar-refractivity contribution is 6.32. The maximum atomic E-state index is 13.9. The van der Waals surface area contributed by atoms with Crippen LogP contribution in [0.5, 0.6) is 0 Å². The molecule has 6 rings (SSSR count). The molecule has 4 heterocycles. The fraction of sp³-hybridized carbons (Fsp3) is 0.297. The molecule has 0 aliphatic carbocycles. The van der Waals surface area contributed by atoms with Crippen molar-refractivity contribution in [3.8, 4) is 12.3 Å². The van der Waals surface area contributed by atoms with Gasteiger partial charge in [-0.2, -0.15) is 0 Å². The number of carbonyl (C=O) groups is 2. The van der Waals surface area contributed by atoms with Crippen molar-refractivity contribution in [2.75, 3.05) is 56.9 Å². The summed E-state index contributed by atoms with van der Waals surface area (Å²) >= 11 is 6.24. The molecule has 5 N–H and O–H groups in total. The van der Waals surface area contributed by atoms with Crippen LogP contribution in [-0.2, 0) is 9.59 Å². The van der Waals surface area contributed by atoms with E-state index in [-0.39, 0.29) is 29.1 Å². The van der Waals surface area contributed by atoms with E-state index in [0.29, 0.717) is 79.6 Å². The lowest BCUT2D eigenvalue weighted by atomic mass is 9.85. The van der Waals surface area contributed by atoms with Crippen molar-refractivity contribution in [3.63, 3.8) is 0 Å². The Kier molecular flexibility index (Phi) is 9.62. The van der Waals surface area contributed by atoms with Crippen molar-refractivity contribution in [1.82, 2.24) is 14.8 Å². The fourth-order valence-corrected chi connectivity index (χ4v) is 7.02. The van der Waals surface area contributed by atoms with Crippen molar-refractivity contribution in [1.29, 1.82) is 5.41 Å². The zero-order valence-electron chi connectivity index (χ0n) is 27.3. The maximum Gasteiger partial charge on any atom is 0.237 e. The molecule has 0 unspecified atom stereocenters. The molecule has 3 aliphatic heterocycles. The number of halogens is 1. The van der Waals surface area contributed by atoms with Gasteiger partial charge in [-0.05, 0) is 67.1 Å². The highest BCUT2D eigenvalue weighted by Gasteiger charge is 2.51. The van der Waals surface area contributed by atoms with Crippen LogP contribution in [0.25, 0.3) is 5.57 Å². The first-order chi connectivity index (χ1) is 23.6. The molecule has 2 amide bonds. The number of benzene rings is 2. The minimum Gasteiger partial charge on any atom is -0.398 e. The Hall–Kier alpha value is -5.31. The topological polar surface area (TPSA) is 157 Å². The largest absolute Gasteiger partial charge is 0.398 e. The Labute approximate surface area is 290 Å². The van der Waals surface area contributed by atoms with Crippen LogP contribution in [-0.4, -0.2) is 90.8 Å². The number of terminal acetylenes is 1. The number of carbonyl (C=O) groups excluding carboxylic acids is 2. The smallest absolute Gasteiger partial charge is 0.237 e. The first-order valence-electron chi connectivity index (χ1n) is 16.1. The van der Waals surface area contributed by atoms with Crippen LogP contribution < -0.4 is 16.4 Å². The van der Waals surface area contributed by atoms with Crippen LogP contribution in [0.3, 0.4) is 0 Å². The molecule has 3 aromatic rings. The molecular formula is C37H38ClN9O2. The summed E-state index contributed by atoms with van der Waals surface area (Å²) in [5, 5.41) is 9.07. The third-order valence-corrected chi connectivity index (χ3v) is 9.90. The molecule has 2 saturated heterocycles. The van der Waals surface area contributed by atoms with E-state index in [0.717, 1.165) is 17.5 Å². The molecule has 2 aromatic carbocycles. The Bertz CT molecular complexity index is 1950. The number of hydrogen-bond donors (Lipinski definition) is 3. The molecule has 1 spiro atoms. The molecule has 11 nitrogen and oxygen atoms in total. The van der Waals surface area contributed by atoms with E-state index < -0.39 is 5.41 Å². The van der Waals surface area contributed by atoms with Gasteiger partial charge in [-0.25, -0.2) is 9.98 Å². The normalized spacial score (nSPS) is 19.9. The van der Waals surface area contributed by atoms with Gasteiger partial charge in [0.15, 0.2) is 0 Å². The van der Waals surface area contributed by atoms with Gasteiger partial charge in [-0.3, -0.25) is 24.9 Å². The highest BCUT2D eigenvalue weighted by Crippen LogP contribution is 2.43. The van der Waals surface area contributed by atoms with Crippen LogP contribution in [0.15, 0.2) is 70.8 Å². The van der Waals surface area contributed by atoms with Crippen LogP contribution in [0.4, 0.5) is 11.4 Å². The summed E-state index contributed by atoms with van der Waals surface area (Å²) in [7, 11) is 1.64. The van der Waals surface area contributed by atoms with Crippen LogP contribution in [0.2, 0.25) is 5.02 Å². The van der Waals surface area contributed by atoms with E-state index >= 15 is 0 Å². The van der Waals surface area contributed by atoms with Gasteiger partial charge in [0.05, 0.1) is 22.7 Å². The van der Waals surface area contributed by atoms with E-state index in [9.17, 15) is 9.59 Å². The number of nitrogens with two attached hydrogens (primary N) is 2. The molecular weight excluding hydrogens is 638 g/mol. The molecule has 250 valence electrons. The second kappa shape index (κ2) is 14.0. The van der Waals surface area contributed by atoms with Crippen LogP contribution in [0.1, 0.15) is 47.2 Å². The summed E-state index contributed by atoms with van der Waals surface area (Å²) in [5.41, 5.74) is 17.3. The number of pyridine rings is 1. The van der Waals surface area contributed by atoms with Crippen molar-refractivity contribution < 1.29 is 9.59 Å². The molecule has 1 atom stereocenters. The van der Waals surface area contributed by atoms with Crippen molar-refractivity contribution in [2.45, 2.75) is 19.3 Å². The van der Waals surface area contributed by atoms with E-state index in [1.807, 2.05) is 35.2 Å². The molecule has 12 heteroatoms. The predicted octanol–water partition coefficient (Wildman–Crippen LogP) is 3.82. The molecule has 0 saturated carbocycles. The number of nitrogen functional groups attached to an aromatic ring is 1. The quantitative estimate of drug-likeness (QED) is 0.143. The molecule has 49 heavy (non-hydrogen) atoms.